The van der Waals surface area contributed by atoms with Crippen molar-refractivity contribution in [1.29, 1.82) is 0 Å². The first-order valence-corrected chi connectivity index (χ1v) is 12.3. The van der Waals surface area contributed by atoms with Crippen LogP contribution in [0, 0.1) is 0 Å². The number of carbonyl (C=O) groups is 2. The number of halogens is 1. The summed E-state index contributed by atoms with van der Waals surface area (Å²) in [6, 6.07) is 27.5. The van der Waals surface area contributed by atoms with E-state index in [-0.39, 0.29) is 17.6 Å². The van der Waals surface area contributed by atoms with Crippen LogP contribution in [0.1, 0.15) is 46.5 Å². The molecule has 6 heteroatoms. The lowest BCUT2D eigenvalue weighted by atomic mass is 9.80. The van der Waals surface area contributed by atoms with E-state index < -0.39 is 6.04 Å². The molecule has 1 aliphatic carbocycles. The van der Waals surface area contributed by atoms with E-state index in [1.54, 1.807) is 35.4 Å². The quantitative estimate of drug-likeness (QED) is 0.328. The van der Waals surface area contributed by atoms with E-state index in [1.807, 2.05) is 66.7 Å². The lowest BCUT2D eigenvalue weighted by molar-refractivity contribution is -0.116. The zero-order chi connectivity index (χ0) is 24.6. The number of carbonyl (C=O) groups excluding carboxylic acids is 2. The van der Waals surface area contributed by atoms with Gasteiger partial charge in [-0.1, -0.05) is 54.1 Å². The molecule has 1 aliphatic heterocycles. The second-order valence-electron chi connectivity index (χ2n) is 9.07. The molecule has 0 radical (unpaired) electrons. The van der Waals surface area contributed by atoms with Crippen molar-refractivity contribution in [3.63, 3.8) is 0 Å². The molecule has 0 unspecified atom stereocenters. The summed E-state index contributed by atoms with van der Waals surface area (Å²) >= 11 is 6.11. The summed E-state index contributed by atoms with van der Waals surface area (Å²) in [4.78, 5) is 29.8. The Hall–Kier alpha value is -4.09. The number of amides is 1. The summed E-state index contributed by atoms with van der Waals surface area (Å²) in [7, 11) is 0. The highest BCUT2D eigenvalue weighted by atomic mass is 35.5. The molecule has 178 valence electrons. The maximum atomic E-state index is 14.1. The van der Waals surface area contributed by atoms with Crippen molar-refractivity contribution in [2.75, 3.05) is 10.2 Å². The Morgan fingerprint density at radius 3 is 2.39 bits per heavy atom. The molecule has 0 fully saturated rings. The minimum atomic E-state index is -0.592. The number of nitrogens with one attached hydrogen (secondary N) is 1. The standard InChI is InChI=1S/C30H23ClN2O3/c31-22-14-12-20(13-15-22)30(35)33-25-10-5-4-9-23(25)32-24-17-21(27-11-6-16-36-27)18-26(34)28(24)29(33)19-7-2-1-3-8-19/h1-16,21,29,32H,17-18H2/t21-,29-/m0/s1. The van der Waals surface area contributed by atoms with Crippen LogP contribution < -0.4 is 10.2 Å². The fourth-order valence-electron chi connectivity index (χ4n) is 5.22. The second kappa shape index (κ2) is 9.17. The van der Waals surface area contributed by atoms with Gasteiger partial charge in [0.25, 0.3) is 5.91 Å². The molecular weight excluding hydrogens is 472 g/mol. The molecule has 0 spiro atoms. The summed E-state index contributed by atoms with van der Waals surface area (Å²) in [6.45, 7) is 0. The number of rotatable bonds is 3. The lowest BCUT2D eigenvalue weighted by Gasteiger charge is -2.35. The number of ketones is 1. The van der Waals surface area contributed by atoms with Gasteiger partial charge in [-0.2, -0.15) is 0 Å². The lowest BCUT2D eigenvalue weighted by Crippen LogP contribution is -2.38. The van der Waals surface area contributed by atoms with Gasteiger partial charge in [-0.05, 0) is 60.5 Å². The zero-order valence-electron chi connectivity index (χ0n) is 19.4. The van der Waals surface area contributed by atoms with Crippen LogP contribution in [0.15, 0.2) is 113 Å². The molecule has 4 aromatic rings. The first-order chi connectivity index (χ1) is 17.6. The minimum Gasteiger partial charge on any atom is -0.469 e. The van der Waals surface area contributed by atoms with Gasteiger partial charge >= 0.3 is 0 Å². The van der Waals surface area contributed by atoms with Gasteiger partial charge in [0.2, 0.25) is 0 Å². The van der Waals surface area contributed by atoms with Crippen LogP contribution in [0.2, 0.25) is 5.02 Å². The van der Waals surface area contributed by atoms with Gasteiger partial charge in [0.15, 0.2) is 5.78 Å². The highest BCUT2D eigenvalue weighted by Crippen LogP contribution is 2.47. The molecule has 0 saturated heterocycles. The minimum absolute atomic E-state index is 0.000662. The highest BCUT2D eigenvalue weighted by molar-refractivity contribution is 6.30. The molecule has 0 bridgehead atoms. The fourth-order valence-corrected chi connectivity index (χ4v) is 5.35. The van der Waals surface area contributed by atoms with E-state index in [4.69, 9.17) is 16.0 Å². The first-order valence-electron chi connectivity index (χ1n) is 11.9. The SMILES string of the molecule is O=C1C[C@@H](c2ccco2)CC2=C1[C@H](c1ccccc1)N(C(=O)c1ccc(Cl)cc1)c1ccccc1N2. The number of Topliss-reactive ketones (excluding diaryl/α,β-unsaturated/α-hetero) is 1. The largest absolute Gasteiger partial charge is 0.469 e. The van der Waals surface area contributed by atoms with E-state index in [0.29, 0.717) is 34.7 Å². The Morgan fingerprint density at radius 1 is 0.889 bits per heavy atom. The van der Waals surface area contributed by atoms with Crippen LogP contribution in [0.4, 0.5) is 11.4 Å². The summed E-state index contributed by atoms with van der Waals surface area (Å²) in [5, 5.41) is 4.09. The summed E-state index contributed by atoms with van der Waals surface area (Å²) in [6.07, 6.45) is 2.56. The second-order valence-corrected chi connectivity index (χ2v) is 9.51. The number of fused-ring (bicyclic) bond motifs is 1. The molecule has 5 nitrogen and oxygen atoms in total. The smallest absolute Gasteiger partial charge is 0.259 e. The fraction of sp³-hybridized carbons (Fsp3) is 0.133. The van der Waals surface area contributed by atoms with Gasteiger partial charge in [0, 0.05) is 34.2 Å². The monoisotopic (exact) mass is 494 g/mol. The molecule has 36 heavy (non-hydrogen) atoms. The van der Waals surface area contributed by atoms with Crippen LogP contribution in [0.3, 0.4) is 0 Å². The molecule has 1 aromatic heterocycles. The van der Waals surface area contributed by atoms with Crippen molar-refractivity contribution >= 4 is 34.7 Å². The Labute approximate surface area is 214 Å². The number of hydrogen-bond acceptors (Lipinski definition) is 4. The average Bonchev–Trinajstić information content (AvgIpc) is 3.39. The van der Waals surface area contributed by atoms with Crippen LogP contribution in [0.25, 0.3) is 0 Å². The van der Waals surface area contributed by atoms with Gasteiger partial charge in [0.05, 0.1) is 23.7 Å². The number of para-hydroxylation sites is 2. The molecule has 6 rings (SSSR count). The maximum absolute atomic E-state index is 14.1. The summed E-state index contributed by atoms with van der Waals surface area (Å²) in [5.74, 6) is 0.519. The van der Waals surface area contributed by atoms with Crippen LogP contribution in [0.5, 0.6) is 0 Å². The average molecular weight is 495 g/mol. The van der Waals surface area contributed by atoms with Crippen LogP contribution >= 0.6 is 11.6 Å². The topological polar surface area (TPSA) is 62.6 Å². The van der Waals surface area contributed by atoms with E-state index in [2.05, 4.69) is 5.32 Å². The van der Waals surface area contributed by atoms with Gasteiger partial charge in [-0.25, -0.2) is 0 Å². The third-order valence-corrected chi connectivity index (χ3v) is 7.11. The van der Waals surface area contributed by atoms with Gasteiger partial charge < -0.3 is 9.73 Å². The number of allylic oxidation sites excluding steroid dienone is 1. The van der Waals surface area contributed by atoms with Crippen molar-refractivity contribution in [3.8, 4) is 0 Å². The Bertz CT molecular complexity index is 1460. The third kappa shape index (κ3) is 3.91. The first kappa shape index (κ1) is 22.4. The van der Waals surface area contributed by atoms with Gasteiger partial charge in [-0.15, -0.1) is 0 Å². The van der Waals surface area contributed by atoms with Gasteiger partial charge in [0.1, 0.15) is 5.76 Å². The zero-order valence-corrected chi connectivity index (χ0v) is 20.1. The number of nitrogens with zero attached hydrogens (tertiary/aromatic N) is 1. The predicted molar refractivity (Wildman–Crippen MR) is 140 cm³/mol. The number of benzene rings is 3. The van der Waals surface area contributed by atoms with E-state index in [1.165, 1.54) is 0 Å². The Morgan fingerprint density at radius 2 is 1.64 bits per heavy atom. The third-order valence-electron chi connectivity index (χ3n) is 6.86. The van der Waals surface area contributed by atoms with E-state index >= 15 is 0 Å². The predicted octanol–water partition coefficient (Wildman–Crippen LogP) is 7.15. The molecule has 0 saturated carbocycles. The Kier molecular flexibility index (Phi) is 5.70. The van der Waals surface area contributed by atoms with Crippen molar-refractivity contribution in [2.24, 2.45) is 0 Å². The molecular formula is C30H23ClN2O3. The molecule has 2 aliphatic rings. The number of furan rings is 1. The van der Waals surface area contributed by atoms with Crippen molar-refractivity contribution in [3.05, 3.63) is 130 Å². The van der Waals surface area contributed by atoms with E-state index in [0.717, 1.165) is 22.7 Å². The highest BCUT2D eigenvalue weighted by Gasteiger charge is 2.42. The van der Waals surface area contributed by atoms with E-state index in [9.17, 15) is 9.59 Å². The van der Waals surface area contributed by atoms with Crippen molar-refractivity contribution in [1.82, 2.24) is 0 Å². The molecule has 1 amide bonds. The maximum Gasteiger partial charge on any atom is 0.259 e. The number of hydrogen-bond donors (Lipinski definition) is 1. The summed E-state index contributed by atoms with van der Waals surface area (Å²) < 4.78 is 5.66. The normalized spacial score (nSPS) is 19.2. The molecule has 2 heterocycles. The molecule has 3 aromatic carbocycles. The van der Waals surface area contributed by atoms with Crippen molar-refractivity contribution < 1.29 is 14.0 Å². The van der Waals surface area contributed by atoms with Crippen LogP contribution in [-0.2, 0) is 4.79 Å². The van der Waals surface area contributed by atoms with Crippen LogP contribution in [-0.4, -0.2) is 11.7 Å². The Balaban J connectivity index is 1.56. The number of anilines is 2. The summed E-state index contributed by atoms with van der Waals surface area (Å²) in [5.41, 5.74) is 4.29. The van der Waals surface area contributed by atoms with Crippen molar-refractivity contribution in [2.45, 2.75) is 24.8 Å². The molecule has 1 N–H and O–H groups in total. The van der Waals surface area contributed by atoms with Gasteiger partial charge in [-0.3, -0.25) is 14.5 Å². The molecule has 2 atom stereocenters.